The van der Waals surface area contributed by atoms with Gasteiger partial charge in [0.05, 0.1) is 22.8 Å². The number of hydrogen-bond acceptors (Lipinski definition) is 6. The maximum absolute atomic E-state index is 13.1. The van der Waals surface area contributed by atoms with Crippen molar-refractivity contribution in [2.45, 2.75) is 6.61 Å². The molecule has 1 saturated heterocycles. The Morgan fingerprint density at radius 3 is 2.38 bits per heavy atom. The number of amides is 4. The zero-order valence-electron chi connectivity index (χ0n) is 19.2. The van der Waals surface area contributed by atoms with Gasteiger partial charge in [0.2, 0.25) is 0 Å². The lowest BCUT2D eigenvalue weighted by atomic mass is 10.1. The lowest BCUT2D eigenvalue weighted by Gasteiger charge is -2.26. The van der Waals surface area contributed by atoms with E-state index in [1.54, 1.807) is 24.3 Å². The number of anilines is 1. The van der Waals surface area contributed by atoms with E-state index in [-0.39, 0.29) is 23.4 Å². The standard InChI is InChI=1S/C26H18BrClN2O7/c1-36-21-12-15(11-20(27)22(21)37-13-14-2-4-16(5-3-14)25(33)34)10-19-23(31)29-26(35)30(24(19)32)18-8-6-17(28)7-9-18/h2-12H,13H2,1H3,(H,33,34)(H,29,31,35)/b19-10+. The molecule has 0 aliphatic carbocycles. The second-order valence-corrected chi connectivity index (χ2v) is 9.05. The second-order valence-electron chi connectivity index (χ2n) is 7.76. The molecule has 9 nitrogen and oxygen atoms in total. The van der Waals surface area contributed by atoms with Crippen LogP contribution in [0.1, 0.15) is 21.5 Å². The van der Waals surface area contributed by atoms with Crippen LogP contribution in [0.4, 0.5) is 10.5 Å². The van der Waals surface area contributed by atoms with Crippen molar-refractivity contribution in [1.82, 2.24) is 5.32 Å². The molecule has 1 aliphatic heterocycles. The number of aromatic carboxylic acids is 1. The minimum Gasteiger partial charge on any atom is -0.493 e. The summed E-state index contributed by atoms with van der Waals surface area (Å²) >= 11 is 9.32. The fourth-order valence-electron chi connectivity index (χ4n) is 3.51. The molecule has 0 unspecified atom stereocenters. The van der Waals surface area contributed by atoms with Crippen LogP contribution >= 0.6 is 27.5 Å². The van der Waals surface area contributed by atoms with Gasteiger partial charge in [-0.25, -0.2) is 14.5 Å². The summed E-state index contributed by atoms with van der Waals surface area (Å²) in [6.45, 7) is 0.133. The summed E-state index contributed by atoms with van der Waals surface area (Å²) in [5.41, 5.74) is 1.34. The number of carboxylic acid groups (broad SMARTS) is 1. The number of rotatable bonds is 7. The molecule has 4 amide bonds. The molecular weight excluding hydrogens is 568 g/mol. The average Bonchev–Trinajstić information content (AvgIpc) is 2.87. The van der Waals surface area contributed by atoms with Crippen LogP contribution in [0.5, 0.6) is 11.5 Å². The number of carbonyl (C=O) groups is 4. The number of benzene rings is 3. The van der Waals surface area contributed by atoms with Crippen LogP contribution in [0.25, 0.3) is 6.08 Å². The lowest BCUT2D eigenvalue weighted by Crippen LogP contribution is -2.54. The number of carbonyl (C=O) groups excluding carboxylic acids is 3. The molecule has 2 N–H and O–H groups in total. The Labute approximate surface area is 224 Å². The molecule has 3 aromatic rings. The normalized spacial score (nSPS) is 14.5. The minimum absolute atomic E-state index is 0.133. The number of ether oxygens (including phenoxy) is 2. The summed E-state index contributed by atoms with van der Waals surface area (Å²) < 4.78 is 11.8. The Morgan fingerprint density at radius 1 is 1.08 bits per heavy atom. The summed E-state index contributed by atoms with van der Waals surface area (Å²) in [7, 11) is 1.44. The predicted molar refractivity (Wildman–Crippen MR) is 139 cm³/mol. The monoisotopic (exact) mass is 584 g/mol. The van der Waals surface area contributed by atoms with Gasteiger partial charge in [-0.3, -0.25) is 14.9 Å². The zero-order chi connectivity index (χ0) is 26.7. The molecule has 0 aromatic heterocycles. The highest BCUT2D eigenvalue weighted by molar-refractivity contribution is 9.10. The Kier molecular flexibility index (Phi) is 7.61. The Morgan fingerprint density at radius 2 is 1.76 bits per heavy atom. The number of urea groups is 1. The summed E-state index contributed by atoms with van der Waals surface area (Å²) in [6.07, 6.45) is 1.34. The van der Waals surface area contributed by atoms with Crippen molar-refractivity contribution in [2.75, 3.05) is 12.0 Å². The van der Waals surface area contributed by atoms with Gasteiger partial charge in [-0.1, -0.05) is 23.7 Å². The molecule has 0 spiro atoms. The molecule has 1 heterocycles. The molecule has 0 radical (unpaired) electrons. The number of carboxylic acids is 1. The number of nitrogens with one attached hydrogen (secondary N) is 1. The molecule has 1 aliphatic rings. The highest BCUT2D eigenvalue weighted by Gasteiger charge is 2.36. The third-order valence-corrected chi connectivity index (χ3v) is 6.17. The van der Waals surface area contributed by atoms with Gasteiger partial charge >= 0.3 is 12.0 Å². The number of halogens is 2. The topological polar surface area (TPSA) is 122 Å². The van der Waals surface area contributed by atoms with Gasteiger partial charge in [0.15, 0.2) is 11.5 Å². The van der Waals surface area contributed by atoms with E-state index >= 15 is 0 Å². The zero-order valence-corrected chi connectivity index (χ0v) is 21.5. The van der Waals surface area contributed by atoms with E-state index in [4.69, 9.17) is 26.2 Å². The Hall–Kier alpha value is -4.15. The van der Waals surface area contributed by atoms with Crippen molar-refractivity contribution < 1.29 is 33.8 Å². The number of imide groups is 2. The van der Waals surface area contributed by atoms with Crippen molar-refractivity contribution in [3.63, 3.8) is 0 Å². The number of barbiturate groups is 1. The summed E-state index contributed by atoms with van der Waals surface area (Å²) in [6, 6.07) is 14.6. The first-order valence-electron chi connectivity index (χ1n) is 10.7. The molecule has 0 atom stereocenters. The van der Waals surface area contributed by atoms with Crippen molar-refractivity contribution >= 4 is 63.1 Å². The molecule has 11 heteroatoms. The van der Waals surface area contributed by atoms with Crippen LogP contribution in [0.3, 0.4) is 0 Å². The molecule has 188 valence electrons. The van der Waals surface area contributed by atoms with E-state index in [0.29, 0.717) is 26.6 Å². The third-order valence-electron chi connectivity index (χ3n) is 5.33. The Balaban J connectivity index is 1.60. The third kappa shape index (κ3) is 5.65. The van der Waals surface area contributed by atoms with Gasteiger partial charge in [0.25, 0.3) is 11.8 Å². The van der Waals surface area contributed by atoms with Crippen LogP contribution in [0.2, 0.25) is 5.02 Å². The minimum atomic E-state index is -1.02. The fourth-order valence-corrected chi connectivity index (χ4v) is 4.21. The van der Waals surface area contributed by atoms with E-state index < -0.39 is 23.8 Å². The van der Waals surface area contributed by atoms with Crippen molar-refractivity contribution in [2.24, 2.45) is 0 Å². The van der Waals surface area contributed by atoms with E-state index in [1.807, 2.05) is 0 Å². The van der Waals surface area contributed by atoms with Crippen molar-refractivity contribution in [3.8, 4) is 11.5 Å². The molecule has 0 saturated carbocycles. The highest BCUT2D eigenvalue weighted by Crippen LogP contribution is 2.38. The first kappa shape index (κ1) is 25.9. The smallest absolute Gasteiger partial charge is 0.335 e. The van der Waals surface area contributed by atoms with Crippen LogP contribution in [0, 0.1) is 0 Å². The van der Waals surface area contributed by atoms with Crippen LogP contribution in [-0.4, -0.2) is 36.0 Å². The van der Waals surface area contributed by atoms with Crippen LogP contribution in [-0.2, 0) is 16.2 Å². The average molecular weight is 586 g/mol. The van der Waals surface area contributed by atoms with Gasteiger partial charge in [-0.2, -0.15) is 0 Å². The van der Waals surface area contributed by atoms with E-state index in [0.717, 1.165) is 10.5 Å². The SMILES string of the molecule is COc1cc(/C=C2\C(=O)NC(=O)N(c3ccc(Cl)cc3)C2=O)cc(Br)c1OCc1ccc(C(=O)O)cc1. The van der Waals surface area contributed by atoms with Gasteiger partial charge in [0, 0.05) is 5.02 Å². The first-order chi connectivity index (χ1) is 17.7. The van der Waals surface area contributed by atoms with Gasteiger partial charge in [-0.05, 0) is 81.7 Å². The summed E-state index contributed by atoms with van der Waals surface area (Å²) in [4.78, 5) is 49.9. The maximum atomic E-state index is 13.1. The number of hydrogen-bond donors (Lipinski definition) is 2. The molecule has 3 aromatic carbocycles. The second kappa shape index (κ2) is 10.9. The first-order valence-corrected chi connectivity index (χ1v) is 11.8. The Bertz CT molecular complexity index is 1440. The van der Waals surface area contributed by atoms with E-state index in [9.17, 15) is 19.2 Å². The lowest BCUT2D eigenvalue weighted by molar-refractivity contribution is -0.122. The molecule has 4 rings (SSSR count). The molecular formula is C26H18BrClN2O7. The van der Waals surface area contributed by atoms with Crippen molar-refractivity contribution in [3.05, 3.63) is 92.4 Å². The quantitative estimate of drug-likeness (QED) is 0.294. The fraction of sp³-hybridized carbons (Fsp3) is 0.0769. The van der Waals surface area contributed by atoms with E-state index in [1.165, 1.54) is 49.6 Å². The van der Waals surface area contributed by atoms with Gasteiger partial charge < -0.3 is 14.6 Å². The van der Waals surface area contributed by atoms with Crippen LogP contribution in [0.15, 0.2) is 70.7 Å². The van der Waals surface area contributed by atoms with Gasteiger partial charge in [-0.15, -0.1) is 0 Å². The molecule has 0 bridgehead atoms. The summed E-state index contributed by atoms with van der Waals surface area (Å²) in [5.74, 6) is -1.97. The van der Waals surface area contributed by atoms with Crippen LogP contribution < -0.4 is 19.7 Å². The number of methoxy groups -OCH3 is 1. The van der Waals surface area contributed by atoms with Gasteiger partial charge in [0.1, 0.15) is 12.2 Å². The number of nitrogens with zero attached hydrogens (tertiary/aromatic N) is 1. The molecule has 1 fully saturated rings. The van der Waals surface area contributed by atoms with Crippen molar-refractivity contribution in [1.29, 1.82) is 0 Å². The maximum Gasteiger partial charge on any atom is 0.335 e. The predicted octanol–water partition coefficient (Wildman–Crippen LogP) is 5.05. The largest absolute Gasteiger partial charge is 0.493 e. The summed E-state index contributed by atoms with van der Waals surface area (Å²) in [5, 5.41) is 11.6. The van der Waals surface area contributed by atoms with E-state index in [2.05, 4.69) is 21.2 Å². The molecule has 37 heavy (non-hydrogen) atoms. The highest BCUT2D eigenvalue weighted by atomic mass is 79.9.